The first-order chi connectivity index (χ1) is 8.15. The van der Waals surface area contributed by atoms with E-state index < -0.39 is 0 Å². The van der Waals surface area contributed by atoms with E-state index in [-0.39, 0.29) is 6.04 Å². The van der Waals surface area contributed by atoms with Gasteiger partial charge < -0.3 is 5.73 Å². The van der Waals surface area contributed by atoms with E-state index in [1.165, 1.54) is 16.7 Å². The molecule has 0 saturated heterocycles. The standard InChI is InChI=1S/C15H16ClN/c1-11(17)14-7-5-12(6-8-14)9-13-3-2-4-15(16)10-13/h2-8,10-11H,9,17H2,1H3. The van der Waals surface area contributed by atoms with Crippen LogP contribution in [0.3, 0.4) is 0 Å². The summed E-state index contributed by atoms with van der Waals surface area (Å²) in [5.41, 5.74) is 9.49. The molecule has 1 nitrogen and oxygen atoms in total. The predicted molar refractivity (Wildman–Crippen MR) is 73.3 cm³/mol. The summed E-state index contributed by atoms with van der Waals surface area (Å²) in [6, 6.07) is 16.5. The maximum absolute atomic E-state index is 5.96. The van der Waals surface area contributed by atoms with Crippen molar-refractivity contribution in [2.24, 2.45) is 5.73 Å². The minimum atomic E-state index is 0.0928. The Labute approximate surface area is 107 Å². The van der Waals surface area contributed by atoms with Crippen LogP contribution in [-0.4, -0.2) is 0 Å². The van der Waals surface area contributed by atoms with Crippen LogP contribution in [0.1, 0.15) is 29.7 Å². The molecule has 1 atom stereocenters. The van der Waals surface area contributed by atoms with E-state index in [4.69, 9.17) is 17.3 Å². The highest BCUT2D eigenvalue weighted by Gasteiger charge is 2.00. The van der Waals surface area contributed by atoms with E-state index in [1.807, 2.05) is 25.1 Å². The fraction of sp³-hybridized carbons (Fsp3) is 0.200. The fourth-order valence-corrected chi connectivity index (χ4v) is 2.03. The first-order valence-corrected chi connectivity index (χ1v) is 6.12. The Morgan fingerprint density at radius 2 is 1.76 bits per heavy atom. The molecule has 2 aromatic carbocycles. The highest BCUT2D eigenvalue weighted by molar-refractivity contribution is 6.30. The Hall–Kier alpha value is -1.31. The Bertz CT molecular complexity index is 489. The smallest absolute Gasteiger partial charge is 0.0408 e. The van der Waals surface area contributed by atoms with E-state index >= 15 is 0 Å². The van der Waals surface area contributed by atoms with Gasteiger partial charge in [-0.25, -0.2) is 0 Å². The fourth-order valence-electron chi connectivity index (χ4n) is 1.82. The maximum atomic E-state index is 5.96. The van der Waals surface area contributed by atoms with Crippen LogP contribution in [0.15, 0.2) is 48.5 Å². The van der Waals surface area contributed by atoms with Crippen LogP contribution < -0.4 is 5.73 Å². The van der Waals surface area contributed by atoms with Gasteiger partial charge in [0.1, 0.15) is 0 Å². The lowest BCUT2D eigenvalue weighted by Crippen LogP contribution is -2.04. The Morgan fingerprint density at radius 3 is 2.35 bits per heavy atom. The van der Waals surface area contributed by atoms with Gasteiger partial charge in [0.25, 0.3) is 0 Å². The number of rotatable bonds is 3. The van der Waals surface area contributed by atoms with Crippen LogP contribution in [-0.2, 0) is 6.42 Å². The zero-order chi connectivity index (χ0) is 12.3. The largest absolute Gasteiger partial charge is 0.324 e. The summed E-state index contributed by atoms with van der Waals surface area (Å²) in [4.78, 5) is 0. The lowest BCUT2D eigenvalue weighted by Gasteiger charge is -2.07. The van der Waals surface area contributed by atoms with Crippen molar-refractivity contribution in [2.75, 3.05) is 0 Å². The Morgan fingerprint density at radius 1 is 1.06 bits per heavy atom. The molecule has 88 valence electrons. The van der Waals surface area contributed by atoms with Crippen molar-refractivity contribution in [3.05, 3.63) is 70.2 Å². The SMILES string of the molecule is CC(N)c1ccc(Cc2cccc(Cl)c2)cc1. The molecule has 2 heteroatoms. The summed E-state index contributed by atoms with van der Waals surface area (Å²) in [7, 11) is 0. The van der Waals surface area contributed by atoms with Crippen molar-refractivity contribution < 1.29 is 0 Å². The first-order valence-electron chi connectivity index (χ1n) is 5.74. The van der Waals surface area contributed by atoms with Gasteiger partial charge in [0.05, 0.1) is 0 Å². The number of benzene rings is 2. The van der Waals surface area contributed by atoms with Crippen molar-refractivity contribution in [2.45, 2.75) is 19.4 Å². The summed E-state index contributed by atoms with van der Waals surface area (Å²) in [5, 5.41) is 0.787. The van der Waals surface area contributed by atoms with E-state index in [0.29, 0.717) is 0 Å². The number of hydrogen-bond donors (Lipinski definition) is 1. The lowest BCUT2D eigenvalue weighted by molar-refractivity contribution is 0.817. The van der Waals surface area contributed by atoms with E-state index in [9.17, 15) is 0 Å². The molecule has 1 unspecified atom stereocenters. The molecule has 0 amide bonds. The van der Waals surface area contributed by atoms with Gasteiger partial charge in [-0.2, -0.15) is 0 Å². The second-order valence-corrected chi connectivity index (χ2v) is 4.77. The van der Waals surface area contributed by atoms with Gasteiger partial charge in [-0.3, -0.25) is 0 Å². The van der Waals surface area contributed by atoms with Crippen molar-refractivity contribution in [3.63, 3.8) is 0 Å². The van der Waals surface area contributed by atoms with Crippen LogP contribution in [0.5, 0.6) is 0 Å². The van der Waals surface area contributed by atoms with Crippen molar-refractivity contribution in [1.82, 2.24) is 0 Å². The van der Waals surface area contributed by atoms with Crippen LogP contribution in [0, 0.1) is 0 Å². The zero-order valence-electron chi connectivity index (χ0n) is 9.86. The molecule has 0 aromatic heterocycles. The van der Waals surface area contributed by atoms with Gasteiger partial charge >= 0.3 is 0 Å². The second kappa shape index (κ2) is 5.35. The maximum Gasteiger partial charge on any atom is 0.0408 e. The van der Waals surface area contributed by atoms with Crippen LogP contribution >= 0.6 is 11.6 Å². The van der Waals surface area contributed by atoms with Crippen molar-refractivity contribution in [1.29, 1.82) is 0 Å². The quantitative estimate of drug-likeness (QED) is 0.871. The van der Waals surface area contributed by atoms with E-state index in [0.717, 1.165) is 11.4 Å². The van der Waals surface area contributed by atoms with Gasteiger partial charge in [0.15, 0.2) is 0 Å². The third-order valence-corrected chi connectivity index (χ3v) is 3.04. The average Bonchev–Trinajstić information content (AvgIpc) is 2.29. The van der Waals surface area contributed by atoms with E-state index in [2.05, 4.69) is 30.3 Å². The molecule has 0 spiro atoms. The second-order valence-electron chi connectivity index (χ2n) is 4.34. The normalized spacial score (nSPS) is 12.4. The molecule has 0 bridgehead atoms. The molecule has 0 heterocycles. The average molecular weight is 246 g/mol. The number of nitrogens with two attached hydrogens (primary N) is 1. The van der Waals surface area contributed by atoms with Crippen LogP contribution in [0.4, 0.5) is 0 Å². The minimum absolute atomic E-state index is 0.0928. The topological polar surface area (TPSA) is 26.0 Å². The molecule has 2 aromatic rings. The van der Waals surface area contributed by atoms with Crippen LogP contribution in [0.25, 0.3) is 0 Å². The summed E-state index contributed by atoms with van der Waals surface area (Å²) in [6.45, 7) is 1.99. The lowest BCUT2D eigenvalue weighted by atomic mass is 10.0. The van der Waals surface area contributed by atoms with Gasteiger partial charge in [-0.05, 0) is 42.2 Å². The Kier molecular flexibility index (Phi) is 3.82. The number of hydrogen-bond acceptors (Lipinski definition) is 1. The summed E-state index contributed by atoms with van der Waals surface area (Å²) < 4.78 is 0. The zero-order valence-corrected chi connectivity index (χ0v) is 10.6. The number of halogens is 1. The van der Waals surface area contributed by atoms with Gasteiger partial charge in [-0.15, -0.1) is 0 Å². The van der Waals surface area contributed by atoms with Crippen LogP contribution in [0.2, 0.25) is 5.02 Å². The van der Waals surface area contributed by atoms with Gasteiger partial charge in [-0.1, -0.05) is 48.0 Å². The van der Waals surface area contributed by atoms with Crippen molar-refractivity contribution >= 4 is 11.6 Å². The predicted octanol–water partition coefficient (Wildman–Crippen LogP) is 3.95. The molecule has 2 rings (SSSR count). The molecular formula is C15H16ClN. The summed E-state index contributed by atoms with van der Waals surface area (Å²) >= 11 is 5.96. The molecule has 0 fully saturated rings. The third-order valence-electron chi connectivity index (χ3n) is 2.80. The molecule has 17 heavy (non-hydrogen) atoms. The molecule has 0 aliphatic rings. The van der Waals surface area contributed by atoms with Gasteiger partial charge in [0.2, 0.25) is 0 Å². The Balaban J connectivity index is 2.14. The summed E-state index contributed by atoms with van der Waals surface area (Å²) in [5.74, 6) is 0. The summed E-state index contributed by atoms with van der Waals surface area (Å²) in [6.07, 6.45) is 0.903. The highest BCUT2D eigenvalue weighted by atomic mass is 35.5. The first kappa shape index (κ1) is 12.2. The molecule has 0 aliphatic carbocycles. The third kappa shape index (κ3) is 3.32. The molecular weight excluding hydrogens is 230 g/mol. The minimum Gasteiger partial charge on any atom is -0.324 e. The molecule has 0 radical (unpaired) electrons. The van der Waals surface area contributed by atoms with Crippen molar-refractivity contribution in [3.8, 4) is 0 Å². The molecule has 0 saturated carbocycles. The molecule has 0 aliphatic heterocycles. The molecule has 2 N–H and O–H groups in total. The van der Waals surface area contributed by atoms with Gasteiger partial charge in [0, 0.05) is 11.1 Å². The van der Waals surface area contributed by atoms with E-state index in [1.54, 1.807) is 0 Å². The highest BCUT2D eigenvalue weighted by Crippen LogP contribution is 2.16. The monoisotopic (exact) mass is 245 g/mol.